The second-order valence-corrected chi connectivity index (χ2v) is 5.27. The molecule has 1 aromatic carbocycles. The number of benzene rings is 1. The summed E-state index contributed by atoms with van der Waals surface area (Å²) in [4.78, 5) is 0. The third kappa shape index (κ3) is 2.32. The van der Waals surface area contributed by atoms with Crippen LogP contribution in [0.15, 0.2) is 18.2 Å². The molecule has 2 atom stereocenters. The van der Waals surface area contributed by atoms with Crippen LogP contribution in [0.4, 0.5) is 0 Å². The highest BCUT2D eigenvalue weighted by atomic mass is 16.6. The molecule has 98 valence electrons. The molecular formula is C15H21NO2. The summed E-state index contributed by atoms with van der Waals surface area (Å²) in [5, 5.41) is 3.44. The van der Waals surface area contributed by atoms with Crippen LogP contribution in [0.25, 0.3) is 0 Å². The first kappa shape index (κ1) is 11.8. The molecule has 2 aliphatic rings. The fourth-order valence-corrected chi connectivity index (χ4v) is 3.18. The highest BCUT2D eigenvalue weighted by Crippen LogP contribution is 2.34. The first-order valence-electron chi connectivity index (χ1n) is 6.92. The Kier molecular flexibility index (Phi) is 3.41. The van der Waals surface area contributed by atoms with Gasteiger partial charge in [-0.15, -0.1) is 0 Å². The molecule has 18 heavy (non-hydrogen) atoms. The molecule has 1 heterocycles. The van der Waals surface area contributed by atoms with Gasteiger partial charge in [0.2, 0.25) is 0 Å². The Bertz CT molecular complexity index is 419. The molecule has 1 aliphatic carbocycles. The van der Waals surface area contributed by atoms with E-state index >= 15 is 0 Å². The third-order valence-corrected chi connectivity index (χ3v) is 4.13. The van der Waals surface area contributed by atoms with Crippen LogP contribution in [0.2, 0.25) is 0 Å². The summed E-state index contributed by atoms with van der Waals surface area (Å²) < 4.78 is 11.2. The van der Waals surface area contributed by atoms with Crippen LogP contribution in [-0.2, 0) is 6.42 Å². The van der Waals surface area contributed by atoms with E-state index in [0.29, 0.717) is 19.3 Å². The molecule has 1 aliphatic heterocycles. The summed E-state index contributed by atoms with van der Waals surface area (Å²) in [6.07, 6.45) is 5.13. The number of hydrogen-bond acceptors (Lipinski definition) is 3. The maximum absolute atomic E-state index is 5.64. The summed E-state index contributed by atoms with van der Waals surface area (Å²) in [6.45, 7) is 1.33. The Labute approximate surface area is 108 Å². The molecule has 3 nitrogen and oxygen atoms in total. The number of hydrogen-bond donors (Lipinski definition) is 1. The smallest absolute Gasteiger partial charge is 0.161 e. The largest absolute Gasteiger partial charge is 0.486 e. The summed E-state index contributed by atoms with van der Waals surface area (Å²) in [5.41, 5.74) is 1.37. The van der Waals surface area contributed by atoms with E-state index in [0.717, 1.165) is 23.8 Å². The van der Waals surface area contributed by atoms with Crippen molar-refractivity contribution in [1.82, 2.24) is 5.32 Å². The molecular weight excluding hydrogens is 226 g/mol. The van der Waals surface area contributed by atoms with Gasteiger partial charge in [0.15, 0.2) is 11.5 Å². The van der Waals surface area contributed by atoms with Crippen molar-refractivity contribution in [2.24, 2.45) is 5.92 Å². The molecule has 1 aromatic rings. The van der Waals surface area contributed by atoms with Crippen molar-refractivity contribution in [3.05, 3.63) is 23.8 Å². The van der Waals surface area contributed by atoms with Crippen molar-refractivity contribution in [3.63, 3.8) is 0 Å². The molecule has 1 saturated carbocycles. The average molecular weight is 247 g/mol. The number of ether oxygens (including phenoxy) is 2. The lowest BCUT2D eigenvalue weighted by atomic mass is 9.94. The summed E-state index contributed by atoms with van der Waals surface area (Å²) in [5.74, 6) is 2.57. The van der Waals surface area contributed by atoms with E-state index in [9.17, 15) is 0 Å². The lowest BCUT2D eigenvalue weighted by Gasteiger charge is -2.21. The van der Waals surface area contributed by atoms with Gasteiger partial charge in [0.1, 0.15) is 13.2 Å². The van der Waals surface area contributed by atoms with Crippen molar-refractivity contribution in [2.45, 2.75) is 31.7 Å². The van der Waals surface area contributed by atoms with Gasteiger partial charge < -0.3 is 14.8 Å². The highest BCUT2D eigenvalue weighted by molar-refractivity contribution is 5.44. The fraction of sp³-hybridized carbons (Fsp3) is 0.600. The first-order valence-corrected chi connectivity index (χ1v) is 6.92. The van der Waals surface area contributed by atoms with Crippen molar-refractivity contribution in [1.29, 1.82) is 0 Å². The third-order valence-electron chi connectivity index (χ3n) is 4.13. The van der Waals surface area contributed by atoms with Crippen LogP contribution < -0.4 is 14.8 Å². The van der Waals surface area contributed by atoms with E-state index in [1.165, 1.54) is 24.8 Å². The van der Waals surface area contributed by atoms with Crippen LogP contribution >= 0.6 is 0 Å². The van der Waals surface area contributed by atoms with Crippen molar-refractivity contribution >= 4 is 0 Å². The molecule has 1 fully saturated rings. The van der Waals surface area contributed by atoms with E-state index in [-0.39, 0.29) is 0 Å². The van der Waals surface area contributed by atoms with E-state index < -0.39 is 0 Å². The molecule has 0 bridgehead atoms. The average Bonchev–Trinajstić information content (AvgIpc) is 2.86. The van der Waals surface area contributed by atoms with Crippen molar-refractivity contribution in [3.8, 4) is 11.5 Å². The zero-order chi connectivity index (χ0) is 12.4. The van der Waals surface area contributed by atoms with Gasteiger partial charge in [-0.1, -0.05) is 12.5 Å². The molecule has 2 unspecified atom stereocenters. The lowest BCUT2D eigenvalue weighted by molar-refractivity contribution is 0.171. The van der Waals surface area contributed by atoms with Crippen LogP contribution in [0.3, 0.4) is 0 Å². The Morgan fingerprint density at radius 2 is 2.00 bits per heavy atom. The Hall–Kier alpha value is -1.22. The maximum atomic E-state index is 5.64. The zero-order valence-corrected chi connectivity index (χ0v) is 10.9. The molecule has 0 aromatic heterocycles. The Balaban J connectivity index is 1.72. The molecule has 1 N–H and O–H groups in total. The van der Waals surface area contributed by atoms with Gasteiger partial charge in [0, 0.05) is 6.04 Å². The number of nitrogens with one attached hydrogen (secondary N) is 1. The minimum Gasteiger partial charge on any atom is -0.486 e. The number of rotatable bonds is 3. The minimum absolute atomic E-state index is 0.663. The standard InChI is InChI=1S/C15H21NO2/c1-16-13-4-2-3-12(13)9-11-5-6-14-15(10-11)18-8-7-17-14/h5-6,10,12-13,16H,2-4,7-9H2,1H3. The second kappa shape index (κ2) is 5.19. The molecule has 3 heteroatoms. The van der Waals surface area contributed by atoms with Gasteiger partial charge in [-0.25, -0.2) is 0 Å². The predicted octanol–water partition coefficient (Wildman–Crippen LogP) is 2.39. The summed E-state index contributed by atoms with van der Waals surface area (Å²) in [7, 11) is 2.08. The Morgan fingerprint density at radius 1 is 1.17 bits per heavy atom. The topological polar surface area (TPSA) is 30.5 Å². The van der Waals surface area contributed by atoms with Crippen LogP contribution in [0.5, 0.6) is 11.5 Å². The van der Waals surface area contributed by atoms with Gasteiger partial charge in [-0.2, -0.15) is 0 Å². The number of fused-ring (bicyclic) bond motifs is 1. The van der Waals surface area contributed by atoms with Crippen LogP contribution in [0.1, 0.15) is 24.8 Å². The Morgan fingerprint density at radius 3 is 2.83 bits per heavy atom. The van der Waals surface area contributed by atoms with Crippen molar-refractivity contribution in [2.75, 3.05) is 20.3 Å². The molecule has 0 saturated heterocycles. The van der Waals surface area contributed by atoms with Crippen molar-refractivity contribution < 1.29 is 9.47 Å². The maximum Gasteiger partial charge on any atom is 0.161 e. The molecule has 0 radical (unpaired) electrons. The fourth-order valence-electron chi connectivity index (χ4n) is 3.18. The highest BCUT2D eigenvalue weighted by Gasteiger charge is 2.26. The lowest BCUT2D eigenvalue weighted by Crippen LogP contribution is -2.30. The van der Waals surface area contributed by atoms with E-state index in [2.05, 4.69) is 24.5 Å². The van der Waals surface area contributed by atoms with Gasteiger partial charge in [-0.05, 0) is 49.9 Å². The van der Waals surface area contributed by atoms with Gasteiger partial charge in [0.25, 0.3) is 0 Å². The first-order chi connectivity index (χ1) is 8.86. The molecule has 3 rings (SSSR count). The second-order valence-electron chi connectivity index (χ2n) is 5.27. The minimum atomic E-state index is 0.663. The van der Waals surface area contributed by atoms with Gasteiger partial charge >= 0.3 is 0 Å². The quantitative estimate of drug-likeness (QED) is 0.889. The molecule has 0 spiro atoms. The van der Waals surface area contributed by atoms with Gasteiger partial charge in [0.05, 0.1) is 0 Å². The van der Waals surface area contributed by atoms with E-state index in [1.807, 2.05) is 6.07 Å². The summed E-state index contributed by atoms with van der Waals surface area (Å²) >= 11 is 0. The van der Waals surface area contributed by atoms with Crippen LogP contribution in [0, 0.1) is 5.92 Å². The van der Waals surface area contributed by atoms with Gasteiger partial charge in [-0.3, -0.25) is 0 Å². The SMILES string of the molecule is CNC1CCCC1Cc1ccc2c(c1)OCCO2. The summed E-state index contributed by atoms with van der Waals surface area (Å²) in [6, 6.07) is 7.06. The molecule has 0 amide bonds. The predicted molar refractivity (Wildman–Crippen MR) is 71.3 cm³/mol. The monoisotopic (exact) mass is 247 g/mol. The van der Waals surface area contributed by atoms with E-state index in [4.69, 9.17) is 9.47 Å². The normalized spacial score (nSPS) is 26.3. The van der Waals surface area contributed by atoms with Crippen LogP contribution in [-0.4, -0.2) is 26.3 Å². The zero-order valence-electron chi connectivity index (χ0n) is 10.9. The van der Waals surface area contributed by atoms with E-state index in [1.54, 1.807) is 0 Å².